The summed E-state index contributed by atoms with van der Waals surface area (Å²) in [6.45, 7) is 3.04. The van der Waals surface area contributed by atoms with Crippen LogP contribution in [0.15, 0.2) is 0 Å². The fourth-order valence-electron chi connectivity index (χ4n) is 2.39. The van der Waals surface area contributed by atoms with Crippen molar-refractivity contribution in [3.05, 3.63) is 17.0 Å². The topological polar surface area (TPSA) is 52.7 Å². The molecule has 0 spiro atoms. The number of nitrogens with one attached hydrogen (secondary N) is 3. The van der Waals surface area contributed by atoms with Crippen LogP contribution in [0.1, 0.15) is 36.2 Å². The molecule has 3 rings (SSSR count). The number of aromatic amines is 1. The summed E-state index contributed by atoms with van der Waals surface area (Å²) in [5.41, 5.74) is 4.08. The van der Waals surface area contributed by atoms with Gasteiger partial charge in [0.05, 0.1) is 5.69 Å². The van der Waals surface area contributed by atoms with E-state index in [0.717, 1.165) is 25.7 Å². The molecule has 0 aliphatic heterocycles. The van der Waals surface area contributed by atoms with Crippen molar-refractivity contribution in [3.63, 3.8) is 0 Å². The van der Waals surface area contributed by atoms with Gasteiger partial charge in [0.25, 0.3) is 0 Å². The van der Waals surface area contributed by atoms with Gasteiger partial charge in [-0.2, -0.15) is 5.10 Å². The van der Waals surface area contributed by atoms with Crippen LogP contribution in [-0.2, 0) is 19.4 Å². The summed E-state index contributed by atoms with van der Waals surface area (Å²) in [5, 5.41) is 14.5. The van der Waals surface area contributed by atoms with Crippen LogP contribution in [0.5, 0.6) is 0 Å². The van der Waals surface area contributed by atoms with Gasteiger partial charge in [0.15, 0.2) is 0 Å². The molecule has 2 aliphatic rings. The second kappa shape index (κ2) is 4.55. The van der Waals surface area contributed by atoms with E-state index in [2.05, 4.69) is 20.8 Å². The summed E-state index contributed by atoms with van der Waals surface area (Å²) in [6, 6.07) is 0.816. The molecule has 0 atom stereocenters. The van der Waals surface area contributed by atoms with E-state index in [1.807, 2.05) is 0 Å². The number of nitrogens with zero attached hydrogens (tertiary/aromatic N) is 1. The molecule has 1 aromatic rings. The van der Waals surface area contributed by atoms with Gasteiger partial charge < -0.3 is 10.6 Å². The van der Waals surface area contributed by atoms with E-state index in [0.29, 0.717) is 0 Å². The molecule has 4 nitrogen and oxygen atoms in total. The standard InChI is InChI=1S/C12H20N4/c1-2-10-11(3-1)15-16-12(10)8-13-6-7-14-9-4-5-9/h9,13-14H,1-8H2,(H,15,16). The molecule has 1 saturated carbocycles. The molecular formula is C12H20N4. The number of fused-ring (bicyclic) bond motifs is 1. The minimum Gasteiger partial charge on any atom is -0.313 e. The Hall–Kier alpha value is -0.870. The average molecular weight is 220 g/mol. The molecule has 3 N–H and O–H groups in total. The summed E-state index contributed by atoms with van der Waals surface area (Å²) >= 11 is 0. The highest BCUT2D eigenvalue weighted by Crippen LogP contribution is 2.22. The van der Waals surface area contributed by atoms with Crippen LogP contribution in [0.2, 0.25) is 0 Å². The Morgan fingerprint density at radius 3 is 3.06 bits per heavy atom. The molecule has 88 valence electrons. The molecule has 1 aromatic heterocycles. The number of rotatable bonds is 6. The Balaban J connectivity index is 1.40. The fourth-order valence-corrected chi connectivity index (χ4v) is 2.39. The lowest BCUT2D eigenvalue weighted by molar-refractivity contribution is 0.601. The number of hydrogen-bond acceptors (Lipinski definition) is 3. The Labute approximate surface area is 96.2 Å². The minimum absolute atomic E-state index is 0.816. The highest BCUT2D eigenvalue weighted by atomic mass is 15.1. The van der Waals surface area contributed by atoms with Crippen LogP contribution >= 0.6 is 0 Å². The predicted octanol–water partition coefficient (Wildman–Crippen LogP) is 0.740. The lowest BCUT2D eigenvalue weighted by Crippen LogP contribution is -2.28. The van der Waals surface area contributed by atoms with Crippen LogP contribution in [0.25, 0.3) is 0 Å². The molecule has 2 aliphatic carbocycles. The molecule has 0 unspecified atom stereocenters. The predicted molar refractivity (Wildman–Crippen MR) is 63.3 cm³/mol. The van der Waals surface area contributed by atoms with Crippen molar-refractivity contribution in [1.82, 2.24) is 20.8 Å². The Bertz CT molecular complexity index is 354. The zero-order valence-electron chi connectivity index (χ0n) is 9.68. The molecule has 16 heavy (non-hydrogen) atoms. The van der Waals surface area contributed by atoms with Crippen molar-refractivity contribution >= 4 is 0 Å². The highest BCUT2D eigenvalue weighted by molar-refractivity contribution is 5.29. The minimum atomic E-state index is 0.816. The summed E-state index contributed by atoms with van der Waals surface area (Å²) in [5.74, 6) is 0. The van der Waals surface area contributed by atoms with Crippen LogP contribution < -0.4 is 10.6 Å². The lowest BCUT2D eigenvalue weighted by atomic mass is 10.2. The summed E-state index contributed by atoms with van der Waals surface area (Å²) in [4.78, 5) is 0. The van der Waals surface area contributed by atoms with Crippen LogP contribution in [0, 0.1) is 0 Å². The van der Waals surface area contributed by atoms with Gasteiger partial charge >= 0.3 is 0 Å². The number of H-pyrrole nitrogens is 1. The van der Waals surface area contributed by atoms with E-state index in [9.17, 15) is 0 Å². The monoisotopic (exact) mass is 220 g/mol. The van der Waals surface area contributed by atoms with Gasteiger partial charge in [0.1, 0.15) is 0 Å². The van der Waals surface area contributed by atoms with Crippen LogP contribution in [-0.4, -0.2) is 29.3 Å². The van der Waals surface area contributed by atoms with E-state index in [1.165, 1.54) is 49.1 Å². The summed E-state index contributed by atoms with van der Waals surface area (Å²) < 4.78 is 0. The number of aryl methyl sites for hydroxylation is 1. The van der Waals surface area contributed by atoms with Gasteiger partial charge in [-0.1, -0.05) is 0 Å². The second-order valence-corrected chi connectivity index (χ2v) is 4.89. The third kappa shape index (κ3) is 2.28. The molecule has 0 aromatic carbocycles. The average Bonchev–Trinajstić information content (AvgIpc) is 2.86. The normalized spacial score (nSPS) is 19.0. The van der Waals surface area contributed by atoms with Crippen molar-refractivity contribution in [2.75, 3.05) is 13.1 Å². The van der Waals surface area contributed by atoms with Crippen molar-refractivity contribution in [1.29, 1.82) is 0 Å². The third-order valence-corrected chi connectivity index (χ3v) is 3.50. The molecule has 0 saturated heterocycles. The van der Waals surface area contributed by atoms with E-state index in [4.69, 9.17) is 0 Å². The van der Waals surface area contributed by atoms with Gasteiger partial charge in [-0.25, -0.2) is 0 Å². The Morgan fingerprint density at radius 2 is 2.19 bits per heavy atom. The second-order valence-electron chi connectivity index (χ2n) is 4.89. The Morgan fingerprint density at radius 1 is 1.25 bits per heavy atom. The molecular weight excluding hydrogens is 200 g/mol. The van der Waals surface area contributed by atoms with E-state index < -0.39 is 0 Å². The third-order valence-electron chi connectivity index (χ3n) is 3.50. The van der Waals surface area contributed by atoms with Crippen LogP contribution in [0.3, 0.4) is 0 Å². The number of aromatic nitrogens is 2. The lowest BCUT2D eigenvalue weighted by Gasteiger charge is -2.04. The molecule has 0 amide bonds. The van der Waals surface area contributed by atoms with Gasteiger partial charge in [0, 0.05) is 31.4 Å². The summed E-state index contributed by atoms with van der Waals surface area (Å²) in [6.07, 6.45) is 6.43. The van der Waals surface area contributed by atoms with Gasteiger partial charge in [-0.05, 0) is 37.7 Å². The van der Waals surface area contributed by atoms with E-state index in [-0.39, 0.29) is 0 Å². The SMILES string of the molecule is C1Cc2[nH]nc(CNCCNC3CC3)c2C1. The van der Waals surface area contributed by atoms with Crippen molar-refractivity contribution in [2.45, 2.75) is 44.7 Å². The van der Waals surface area contributed by atoms with Crippen molar-refractivity contribution in [2.24, 2.45) is 0 Å². The van der Waals surface area contributed by atoms with Crippen molar-refractivity contribution in [3.8, 4) is 0 Å². The summed E-state index contributed by atoms with van der Waals surface area (Å²) in [7, 11) is 0. The van der Waals surface area contributed by atoms with E-state index >= 15 is 0 Å². The van der Waals surface area contributed by atoms with Gasteiger partial charge in [0.2, 0.25) is 0 Å². The smallest absolute Gasteiger partial charge is 0.0794 e. The molecule has 1 heterocycles. The molecule has 4 heteroatoms. The largest absolute Gasteiger partial charge is 0.313 e. The number of hydrogen-bond donors (Lipinski definition) is 3. The fraction of sp³-hybridized carbons (Fsp3) is 0.750. The van der Waals surface area contributed by atoms with Crippen molar-refractivity contribution < 1.29 is 0 Å². The molecule has 1 fully saturated rings. The molecule has 0 radical (unpaired) electrons. The van der Waals surface area contributed by atoms with Gasteiger partial charge in [-0.15, -0.1) is 0 Å². The first kappa shape index (κ1) is 10.3. The van der Waals surface area contributed by atoms with Crippen LogP contribution in [0.4, 0.5) is 0 Å². The maximum atomic E-state index is 4.37. The highest BCUT2D eigenvalue weighted by Gasteiger charge is 2.20. The maximum Gasteiger partial charge on any atom is 0.0794 e. The first-order valence-corrected chi connectivity index (χ1v) is 6.42. The Kier molecular flexibility index (Phi) is 2.93. The van der Waals surface area contributed by atoms with E-state index in [1.54, 1.807) is 0 Å². The zero-order chi connectivity index (χ0) is 10.8. The van der Waals surface area contributed by atoms with Gasteiger partial charge in [-0.3, -0.25) is 5.10 Å². The molecule has 0 bridgehead atoms. The quantitative estimate of drug-likeness (QED) is 0.620. The first-order valence-electron chi connectivity index (χ1n) is 6.42. The maximum absolute atomic E-state index is 4.37. The first-order chi connectivity index (χ1) is 7.93. The zero-order valence-corrected chi connectivity index (χ0v) is 9.68.